The van der Waals surface area contributed by atoms with Gasteiger partial charge in [0, 0.05) is 49.3 Å². The van der Waals surface area contributed by atoms with Crippen LogP contribution >= 0.6 is 23.5 Å². The molecule has 4 rings (SSSR count). The van der Waals surface area contributed by atoms with E-state index in [4.69, 9.17) is 16.3 Å². The molecule has 0 heterocycles. The van der Waals surface area contributed by atoms with Crippen LogP contribution in [0.4, 0.5) is 14.5 Å². The number of benzene rings is 4. The molecule has 0 fully saturated rings. The molecular weight excluding hydrogens is 650 g/mol. The van der Waals surface area contributed by atoms with Crippen molar-refractivity contribution in [2.45, 2.75) is 23.1 Å². The summed E-state index contributed by atoms with van der Waals surface area (Å²) < 4.78 is 52.4. The molecule has 12 heteroatoms. The molecule has 4 aromatic carbocycles. The number of carbonyl (C=O) groups is 1. The molecule has 0 spiro atoms. The number of carbonyl (C=O) groups excluding carboxylic acids is 1. The smallest absolute Gasteiger partial charge is 0.235 e. The van der Waals surface area contributed by atoms with Crippen LogP contribution in [0.3, 0.4) is 0 Å². The minimum atomic E-state index is -2.04. The quantitative estimate of drug-likeness (QED) is 0.110. The number of fused-ring (bicyclic) bond motifs is 1. The Bertz CT molecular complexity index is 1650. The van der Waals surface area contributed by atoms with Gasteiger partial charge >= 0.3 is 0 Å². The van der Waals surface area contributed by atoms with Crippen LogP contribution in [0.2, 0.25) is 5.02 Å². The summed E-state index contributed by atoms with van der Waals surface area (Å²) in [5, 5.41) is 5.46. The number of amides is 1. The zero-order valence-corrected chi connectivity index (χ0v) is 28.5. The van der Waals surface area contributed by atoms with E-state index in [0.29, 0.717) is 18.1 Å². The predicted octanol–water partition coefficient (Wildman–Crippen LogP) is 7.37. The Balaban J connectivity index is 0.00000282. The zero-order valence-electron chi connectivity index (χ0n) is 26.1. The van der Waals surface area contributed by atoms with Gasteiger partial charge in [0.25, 0.3) is 0 Å². The molecule has 1 unspecified atom stereocenters. The number of nitrogens with zero attached hydrogens (tertiary/aromatic N) is 3. The highest BCUT2D eigenvalue weighted by molar-refractivity contribution is 7.97. The number of terminal acetylenes is 1. The summed E-state index contributed by atoms with van der Waals surface area (Å²) in [6.07, 6.45) is 8.74. The van der Waals surface area contributed by atoms with E-state index in [0.717, 1.165) is 39.9 Å². The van der Waals surface area contributed by atoms with Crippen LogP contribution in [0.5, 0.6) is 11.5 Å². The monoisotopic (exact) mass is 686 g/mol. The molecule has 0 radical (unpaired) electrons. The molecule has 1 atom stereocenters. The van der Waals surface area contributed by atoms with Gasteiger partial charge in [-0.25, -0.2) is 21.6 Å². The van der Waals surface area contributed by atoms with Crippen LogP contribution in [-0.4, -0.2) is 66.0 Å². The van der Waals surface area contributed by atoms with E-state index in [1.165, 1.54) is 40.5 Å². The summed E-state index contributed by atoms with van der Waals surface area (Å²) in [5.41, 5.74) is 1.10. The van der Waals surface area contributed by atoms with Gasteiger partial charge in [0.15, 0.2) is 17.4 Å². The maximum Gasteiger partial charge on any atom is 0.235 e. The molecule has 1 amide bonds. The van der Waals surface area contributed by atoms with Gasteiger partial charge in [-0.15, -0.1) is 12.8 Å². The number of hydrogen-bond acceptors (Lipinski definition) is 6. The number of hydrogen-bond donors (Lipinski definition) is 1. The van der Waals surface area contributed by atoms with Gasteiger partial charge in [-0.3, -0.25) is 4.79 Å². The van der Waals surface area contributed by atoms with Crippen molar-refractivity contribution in [2.24, 2.45) is 0 Å². The van der Waals surface area contributed by atoms with Crippen LogP contribution in [-0.2, 0) is 15.8 Å². The first-order valence-corrected chi connectivity index (χ1v) is 16.6. The van der Waals surface area contributed by atoms with Gasteiger partial charge < -0.3 is 15.0 Å². The van der Waals surface area contributed by atoms with Crippen molar-refractivity contribution in [1.82, 2.24) is 13.9 Å². The number of ether oxygens (including phenoxy) is 1. The predicted molar refractivity (Wildman–Crippen MR) is 186 cm³/mol. The molecule has 0 aliphatic heterocycles. The molecule has 0 saturated carbocycles. The molecule has 0 aliphatic rings. The fourth-order valence-electron chi connectivity index (χ4n) is 4.23. The number of halogens is 3. The van der Waals surface area contributed by atoms with Gasteiger partial charge in [-0.2, -0.15) is 0 Å². The van der Waals surface area contributed by atoms with Crippen molar-refractivity contribution in [3.05, 3.63) is 89.5 Å². The Kier molecular flexibility index (Phi) is 14.3. The first-order chi connectivity index (χ1) is 22.0. The van der Waals surface area contributed by atoms with Gasteiger partial charge in [0.1, 0.15) is 16.7 Å². The van der Waals surface area contributed by atoms with E-state index >= 15 is 8.78 Å². The molecule has 0 bridgehead atoms. The van der Waals surface area contributed by atoms with Crippen molar-refractivity contribution >= 4 is 56.9 Å². The van der Waals surface area contributed by atoms with Crippen molar-refractivity contribution in [1.29, 1.82) is 0 Å². The van der Waals surface area contributed by atoms with E-state index in [2.05, 4.69) is 53.4 Å². The number of likely N-dealkylation sites (N-methyl/N-ethyl adjacent to an activating group) is 1. The van der Waals surface area contributed by atoms with Crippen molar-refractivity contribution < 1.29 is 22.5 Å². The molecule has 0 saturated heterocycles. The van der Waals surface area contributed by atoms with Crippen LogP contribution in [0.1, 0.15) is 13.3 Å². The van der Waals surface area contributed by atoms with Crippen molar-refractivity contribution in [2.75, 3.05) is 52.2 Å². The lowest BCUT2D eigenvalue weighted by Crippen LogP contribution is -2.41. The van der Waals surface area contributed by atoms with Crippen molar-refractivity contribution in [3.63, 3.8) is 0 Å². The van der Waals surface area contributed by atoms with E-state index in [1.54, 1.807) is 0 Å². The maximum atomic E-state index is 15.0. The van der Waals surface area contributed by atoms with Gasteiger partial charge in [0.2, 0.25) is 5.91 Å². The second-order valence-corrected chi connectivity index (χ2v) is 13.5. The lowest BCUT2D eigenvalue weighted by atomic mass is 10.1. The van der Waals surface area contributed by atoms with Crippen LogP contribution in [0.15, 0.2) is 82.6 Å². The molecule has 4 aromatic rings. The highest BCUT2D eigenvalue weighted by Crippen LogP contribution is 2.31. The summed E-state index contributed by atoms with van der Waals surface area (Å²) in [7, 11) is 3.86. The molecule has 244 valence electrons. The average Bonchev–Trinajstić information content (AvgIpc) is 3.04. The van der Waals surface area contributed by atoms with E-state index in [1.807, 2.05) is 38.4 Å². The third-order valence-electron chi connectivity index (χ3n) is 6.57. The molecule has 1 N–H and O–H groups in total. The minimum Gasteiger partial charge on any atom is -0.451 e. The second-order valence-electron chi connectivity index (χ2n) is 10.3. The summed E-state index contributed by atoms with van der Waals surface area (Å²) >= 11 is 7.38. The highest BCUT2D eigenvalue weighted by atomic mass is 35.5. The Morgan fingerprint density at radius 1 is 0.935 bits per heavy atom. The zero-order chi connectivity index (χ0) is 33.8. The average molecular weight is 687 g/mol. The highest BCUT2D eigenvalue weighted by Gasteiger charge is 2.23. The summed E-state index contributed by atoms with van der Waals surface area (Å²) in [5.74, 6) is -2.78. The maximum absolute atomic E-state index is 15.0. The molecular formula is C34H37ClF2N4O3S2. The lowest BCUT2D eigenvalue weighted by molar-refractivity contribution is -0.121. The number of anilines is 1. The Hall–Kier alpha value is -3.66. The first-order valence-electron chi connectivity index (χ1n) is 14.3. The number of rotatable bonds is 14. The van der Waals surface area contributed by atoms with E-state index < -0.39 is 28.4 Å². The van der Waals surface area contributed by atoms with Gasteiger partial charge in [-0.1, -0.05) is 30.7 Å². The fraction of sp³-hybridized carbons (Fsp3) is 0.265. The van der Waals surface area contributed by atoms with Crippen LogP contribution in [0.25, 0.3) is 10.8 Å². The van der Waals surface area contributed by atoms with Gasteiger partial charge in [-0.05, 0) is 96.9 Å². The van der Waals surface area contributed by atoms with Crippen molar-refractivity contribution in [3.8, 4) is 24.3 Å². The molecule has 0 aliphatic carbocycles. The summed E-state index contributed by atoms with van der Waals surface area (Å²) in [6.45, 7) is 2.79. The standard InChI is InChI=1S/C32H35ClF2N4O3S2.C2H2/c1-5-14-36-31(40)21-39(16-15-38(4)43-27-13-7-22-6-10-25(37(2)3)17-23(22)18-27)44(41)28-19-29(34)32(30(35)20-28)42-26-11-8-24(33)9-12-26;1-2/h6-13,17-20H,5,14-16,21H2,1-4H3,(H,36,40);1-2H. The van der Waals surface area contributed by atoms with E-state index in [-0.39, 0.29) is 29.6 Å². The summed E-state index contributed by atoms with van der Waals surface area (Å²) in [6, 6.07) is 20.5. The largest absolute Gasteiger partial charge is 0.451 e. The Morgan fingerprint density at radius 2 is 1.59 bits per heavy atom. The topological polar surface area (TPSA) is 65.1 Å². The van der Waals surface area contributed by atoms with Crippen LogP contribution < -0.4 is 15.0 Å². The molecule has 7 nitrogen and oxygen atoms in total. The normalized spacial score (nSPS) is 11.6. The third-order valence-corrected chi connectivity index (χ3v) is 9.20. The Labute approximate surface area is 281 Å². The first kappa shape index (κ1) is 36.8. The fourth-order valence-corrected chi connectivity index (χ4v) is 6.39. The molecule has 46 heavy (non-hydrogen) atoms. The SMILES string of the molecule is C#C.CCCNC(=O)CN(CCN(C)Sc1ccc2ccc(N(C)C)cc2c1)S(=O)c1cc(F)c(Oc2ccc(Cl)cc2)c(F)c1. The lowest BCUT2D eigenvalue weighted by Gasteiger charge is -2.24. The van der Waals surface area contributed by atoms with Gasteiger partial charge in [0.05, 0.1) is 11.4 Å². The third kappa shape index (κ3) is 10.4. The second kappa shape index (κ2) is 17.9. The summed E-state index contributed by atoms with van der Waals surface area (Å²) in [4.78, 5) is 15.6. The minimum absolute atomic E-state index is 0.117. The van der Waals surface area contributed by atoms with Crippen LogP contribution in [0, 0.1) is 24.5 Å². The van der Waals surface area contributed by atoms with E-state index in [9.17, 15) is 9.00 Å². The number of nitrogens with one attached hydrogen (secondary N) is 1. The molecule has 0 aromatic heterocycles. The Morgan fingerprint density at radius 3 is 2.22 bits per heavy atom.